The number of nitrogens with zero attached hydrogens (tertiary/aromatic N) is 1. The van der Waals surface area contributed by atoms with Crippen LogP contribution in [-0.2, 0) is 14.2 Å². The van der Waals surface area contributed by atoms with Gasteiger partial charge in [0.05, 0.1) is 31.4 Å². The summed E-state index contributed by atoms with van der Waals surface area (Å²) >= 11 is 0. The lowest BCUT2D eigenvalue weighted by Crippen LogP contribution is -2.47. The van der Waals surface area contributed by atoms with Crippen LogP contribution < -0.4 is 5.73 Å². The summed E-state index contributed by atoms with van der Waals surface area (Å²) in [6.45, 7) is 10.2. The van der Waals surface area contributed by atoms with Crippen LogP contribution in [0.4, 0.5) is 4.79 Å². The Bertz CT molecular complexity index is 446. The second kappa shape index (κ2) is 10.6. The van der Waals surface area contributed by atoms with Gasteiger partial charge in [-0.05, 0) is 59.3 Å². The first-order chi connectivity index (χ1) is 12.7. The Kier molecular flexibility index (Phi) is 8.83. The van der Waals surface area contributed by atoms with Gasteiger partial charge in [-0.15, -0.1) is 0 Å². The highest BCUT2D eigenvalue weighted by molar-refractivity contribution is 5.68. The van der Waals surface area contributed by atoms with Crippen LogP contribution in [0.25, 0.3) is 0 Å². The summed E-state index contributed by atoms with van der Waals surface area (Å²) in [5.41, 5.74) is 5.80. The number of piperidine rings is 1. The van der Waals surface area contributed by atoms with Crippen molar-refractivity contribution in [2.45, 2.75) is 96.5 Å². The molecule has 0 radical (unpaired) electrons. The molecule has 6 heteroatoms. The number of likely N-dealkylation sites (tertiary alicyclic amines) is 1. The molecule has 2 rings (SSSR count). The fourth-order valence-electron chi connectivity index (χ4n) is 3.71. The number of rotatable bonds is 7. The first-order valence-corrected chi connectivity index (χ1v) is 10.7. The van der Waals surface area contributed by atoms with Crippen molar-refractivity contribution in [1.82, 2.24) is 4.90 Å². The summed E-state index contributed by atoms with van der Waals surface area (Å²) in [6.07, 6.45) is 8.19. The third-order valence-electron chi connectivity index (χ3n) is 5.48. The lowest BCUT2D eigenvalue weighted by atomic mass is 9.90. The molecule has 0 aromatic heterocycles. The summed E-state index contributed by atoms with van der Waals surface area (Å²) in [4.78, 5) is 14.0. The average molecular weight is 385 g/mol. The molecule has 2 aliphatic rings. The molecule has 0 aromatic carbocycles. The Morgan fingerprint density at radius 3 is 2.52 bits per heavy atom. The van der Waals surface area contributed by atoms with Gasteiger partial charge in [0.25, 0.3) is 0 Å². The van der Waals surface area contributed by atoms with Gasteiger partial charge in [0.2, 0.25) is 0 Å². The molecule has 1 unspecified atom stereocenters. The van der Waals surface area contributed by atoms with Gasteiger partial charge in [-0.3, -0.25) is 0 Å². The number of ether oxygens (including phenoxy) is 3. The van der Waals surface area contributed by atoms with Crippen LogP contribution in [0.1, 0.15) is 72.6 Å². The molecular formula is C21H40N2O4. The van der Waals surface area contributed by atoms with E-state index in [-0.39, 0.29) is 24.3 Å². The highest BCUT2D eigenvalue weighted by atomic mass is 16.6. The van der Waals surface area contributed by atoms with Crippen LogP contribution in [0, 0.1) is 5.92 Å². The minimum Gasteiger partial charge on any atom is -0.444 e. The maximum absolute atomic E-state index is 12.2. The summed E-state index contributed by atoms with van der Waals surface area (Å²) in [5.74, 6) is 0.690. The van der Waals surface area contributed by atoms with E-state index in [9.17, 15) is 4.79 Å². The van der Waals surface area contributed by atoms with Gasteiger partial charge in [0.1, 0.15) is 5.60 Å². The van der Waals surface area contributed by atoms with Crippen LogP contribution in [-0.4, -0.2) is 61.1 Å². The SMILES string of the molecule is C[C@@H](OCC1CCCCC1)[C@H](N)COC1CCCN(C(=O)OC(C)(C)C)C1. The molecule has 3 atom stereocenters. The Balaban J connectivity index is 1.67. The smallest absolute Gasteiger partial charge is 0.410 e. The number of hydrogen-bond acceptors (Lipinski definition) is 5. The van der Waals surface area contributed by atoms with E-state index < -0.39 is 5.60 Å². The second-order valence-corrected chi connectivity index (χ2v) is 9.23. The molecule has 2 fully saturated rings. The molecule has 1 saturated heterocycles. The van der Waals surface area contributed by atoms with Crippen molar-refractivity contribution in [1.29, 1.82) is 0 Å². The zero-order chi connectivity index (χ0) is 19.9. The normalized spacial score (nSPS) is 24.5. The van der Waals surface area contributed by atoms with Gasteiger partial charge in [0, 0.05) is 13.2 Å². The molecule has 6 nitrogen and oxygen atoms in total. The van der Waals surface area contributed by atoms with Gasteiger partial charge >= 0.3 is 6.09 Å². The molecule has 2 N–H and O–H groups in total. The standard InChI is InChI=1S/C21H40N2O4/c1-16(25-14-17-9-6-5-7-10-17)19(22)15-26-18-11-8-12-23(13-18)20(24)27-21(2,3)4/h16-19H,5-15,22H2,1-4H3/t16-,18?,19-/m1/s1. The van der Waals surface area contributed by atoms with Crippen LogP contribution in [0.2, 0.25) is 0 Å². The highest BCUT2D eigenvalue weighted by Gasteiger charge is 2.28. The fraction of sp³-hybridized carbons (Fsp3) is 0.952. The third kappa shape index (κ3) is 8.36. The summed E-state index contributed by atoms with van der Waals surface area (Å²) in [7, 11) is 0. The fourth-order valence-corrected chi connectivity index (χ4v) is 3.71. The van der Waals surface area contributed by atoms with Crippen LogP contribution in [0.5, 0.6) is 0 Å². The maximum atomic E-state index is 12.2. The predicted octanol–water partition coefficient (Wildman–Crippen LogP) is 3.72. The minimum atomic E-state index is -0.474. The largest absolute Gasteiger partial charge is 0.444 e. The quantitative estimate of drug-likeness (QED) is 0.724. The molecule has 27 heavy (non-hydrogen) atoms. The maximum Gasteiger partial charge on any atom is 0.410 e. The highest BCUT2D eigenvalue weighted by Crippen LogP contribution is 2.24. The van der Waals surface area contributed by atoms with Crippen LogP contribution in [0.3, 0.4) is 0 Å². The Morgan fingerprint density at radius 2 is 1.85 bits per heavy atom. The number of hydrogen-bond donors (Lipinski definition) is 1. The zero-order valence-electron chi connectivity index (χ0n) is 17.7. The van der Waals surface area contributed by atoms with E-state index in [4.69, 9.17) is 19.9 Å². The number of carbonyl (C=O) groups excluding carboxylic acids is 1. The first-order valence-electron chi connectivity index (χ1n) is 10.7. The Morgan fingerprint density at radius 1 is 1.15 bits per heavy atom. The van der Waals surface area contributed by atoms with E-state index in [1.807, 2.05) is 27.7 Å². The Hall–Kier alpha value is -0.850. The molecule has 1 saturated carbocycles. The molecule has 0 spiro atoms. The van der Waals surface area contributed by atoms with E-state index in [0.29, 0.717) is 19.1 Å². The molecule has 1 amide bonds. The van der Waals surface area contributed by atoms with Crippen molar-refractivity contribution in [3.05, 3.63) is 0 Å². The van der Waals surface area contributed by atoms with Crippen LogP contribution in [0.15, 0.2) is 0 Å². The van der Waals surface area contributed by atoms with E-state index in [1.54, 1.807) is 4.90 Å². The van der Waals surface area contributed by atoms with Gasteiger partial charge in [-0.1, -0.05) is 19.3 Å². The van der Waals surface area contributed by atoms with Crippen molar-refractivity contribution in [3.63, 3.8) is 0 Å². The third-order valence-corrected chi connectivity index (χ3v) is 5.48. The zero-order valence-corrected chi connectivity index (χ0v) is 17.7. The van der Waals surface area contributed by atoms with Gasteiger partial charge in [-0.2, -0.15) is 0 Å². The molecule has 1 aliphatic carbocycles. The summed E-state index contributed by atoms with van der Waals surface area (Å²) < 4.78 is 17.5. The molecule has 1 heterocycles. The predicted molar refractivity (Wildman–Crippen MR) is 107 cm³/mol. The monoisotopic (exact) mass is 384 g/mol. The lowest BCUT2D eigenvalue weighted by molar-refractivity contribution is -0.0446. The van der Waals surface area contributed by atoms with Crippen molar-refractivity contribution >= 4 is 6.09 Å². The van der Waals surface area contributed by atoms with E-state index in [1.165, 1.54) is 32.1 Å². The minimum absolute atomic E-state index is 0.0162. The van der Waals surface area contributed by atoms with Crippen molar-refractivity contribution in [2.75, 3.05) is 26.3 Å². The second-order valence-electron chi connectivity index (χ2n) is 9.23. The van der Waals surface area contributed by atoms with Crippen molar-refractivity contribution < 1.29 is 19.0 Å². The number of nitrogens with two attached hydrogens (primary N) is 1. The molecule has 0 aromatic rings. The van der Waals surface area contributed by atoms with E-state index in [0.717, 1.165) is 26.0 Å². The van der Waals surface area contributed by atoms with Gasteiger partial charge in [0.15, 0.2) is 0 Å². The van der Waals surface area contributed by atoms with Gasteiger partial charge in [-0.25, -0.2) is 4.79 Å². The number of carbonyl (C=O) groups is 1. The molecule has 1 aliphatic heterocycles. The van der Waals surface area contributed by atoms with E-state index >= 15 is 0 Å². The summed E-state index contributed by atoms with van der Waals surface area (Å²) in [5, 5.41) is 0. The Labute approximate surface area is 165 Å². The molecule has 0 bridgehead atoms. The lowest BCUT2D eigenvalue weighted by Gasteiger charge is -2.34. The first kappa shape index (κ1) is 22.4. The molecule has 158 valence electrons. The molecular weight excluding hydrogens is 344 g/mol. The van der Waals surface area contributed by atoms with E-state index in [2.05, 4.69) is 0 Å². The average Bonchev–Trinajstić information content (AvgIpc) is 2.64. The number of amides is 1. The van der Waals surface area contributed by atoms with Crippen molar-refractivity contribution in [3.8, 4) is 0 Å². The van der Waals surface area contributed by atoms with Crippen molar-refractivity contribution in [2.24, 2.45) is 11.7 Å². The van der Waals surface area contributed by atoms with Gasteiger partial charge < -0.3 is 24.8 Å². The van der Waals surface area contributed by atoms with Crippen LogP contribution >= 0.6 is 0 Å². The summed E-state index contributed by atoms with van der Waals surface area (Å²) in [6, 6.07) is -0.148. The topological polar surface area (TPSA) is 74.0 Å².